The summed E-state index contributed by atoms with van der Waals surface area (Å²) in [7, 11) is 3.65. The summed E-state index contributed by atoms with van der Waals surface area (Å²) in [4.78, 5) is 2.07. The number of hydrogen-bond donors (Lipinski definition) is 0. The summed E-state index contributed by atoms with van der Waals surface area (Å²) in [5.74, 6) is 0. The summed E-state index contributed by atoms with van der Waals surface area (Å²) in [6, 6.07) is 7.71. The van der Waals surface area contributed by atoms with Crippen LogP contribution in [-0.2, 0) is 4.74 Å². The lowest BCUT2D eigenvalue weighted by molar-refractivity contribution is 0.183. The van der Waals surface area contributed by atoms with Crippen molar-refractivity contribution in [3.05, 3.63) is 28.8 Å². The van der Waals surface area contributed by atoms with E-state index in [9.17, 15) is 0 Å². The van der Waals surface area contributed by atoms with Crippen LogP contribution >= 0.6 is 11.6 Å². The number of nitriles is 1. The highest BCUT2D eigenvalue weighted by molar-refractivity contribution is 6.32. The zero-order valence-electron chi connectivity index (χ0n) is 9.70. The first kappa shape index (κ1) is 12.8. The molecule has 0 saturated carbocycles. The van der Waals surface area contributed by atoms with Crippen LogP contribution in [0.15, 0.2) is 18.2 Å². The number of ether oxygens (including phenoxy) is 1. The molecule has 0 spiro atoms. The van der Waals surface area contributed by atoms with Gasteiger partial charge in [-0.25, -0.2) is 0 Å². The van der Waals surface area contributed by atoms with Crippen molar-refractivity contribution in [3.8, 4) is 6.07 Å². The minimum Gasteiger partial charge on any atom is -0.383 e. The minimum absolute atomic E-state index is 0.258. The fourth-order valence-electron chi connectivity index (χ4n) is 1.42. The summed E-state index contributed by atoms with van der Waals surface area (Å²) in [5, 5.41) is 9.26. The van der Waals surface area contributed by atoms with Crippen molar-refractivity contribution in [1.29, 1.82) is 5.26 Å². The van der Waals surface area contributed by atoms with Gasteiger partial charge in [0.15, 0.2) is 0 Å². The summed E-state index contributed by atoms with van der Waals surface area (Å²) in [5.41, 5.74) is 1.48. The van der Waals surface area contributed by atoms with Gasteiger partial charge < -0.3 is 9.64 Å². The number of halogens is 1. The number of anilines is 1. The third-order valence-corrected chi connectivity index (χ3v) is 2.86. The van der Waals surface area contributed by atoms with E-state index in [-0.39, 0.29) is 6.04 Å². The molecular formula is C12H15ClN2O. The molecule has 0 heterocycles. The molecule has 0 aliphatic carbocycles. The van der Waals surface area contributed by atoms with Crippen molar-refractivity contribution in [2.75, 3.05) is 25.7 Å². The van der Waals surface area contributed by atoms with E-state index < -0.39 is 0 Å². The van der Waals surface area contributed by atoms with Gasteiger partial charge in [0, 0.05) is 25.9 Å². The fourth-order valence-corrected chi connectivity index (χ4v) is 1.64. The smallest absolute Gasteiger partial charge is 0.101 e. The first-order valence-corrected chi connectivity index (χ1v) is 5.39. The van der Waals surface area contributed by atoms with Crippen molar-refractivity contribution in [2.45, 2.75) is 13.0 Å². The largest absolute Gasteiger partial charge is 0.383 e. The quantitative estimate of drug-likeness (QED) is 0.809. The van der Waals surface area contributed by atoms with Crippen molar-refractivity contribution in [3.63, 3.8) is 0 Å². The van der Waals surface area contributed by atoms with Gasteiger partial charge in [-0.15, -0.1) is 0 Å². The predicted molar refractivity (Wildman–Crippen MR) is 65.9 cm³/mol. The van der Waals surface area contributed by atoms with Crippen molar-refractivity contribution < 1.29 is 4.74 Å². The minimum atomic E-state index is 0.258. The molecule has 1 unspecified atom stereocenters. The number of likely N-dealkylation sites (N-methyl/N-ethyl adjacent to an activating group) is 1. The van der Waals surface area contributed by atoms with Gasteiger partial charge in [-0.3, -0.25) is 0 Å². The van der Waals surface area contributed by atoms with Crippen molar-refractivity contribution >= 4 is 17.3 Å². The predicted octanol–water partition coefficient (Wildman–Crippen LogP) is 2.68. The third-order valence-electron chi connectivity index (χ3n) is 2.55. The number of nitrogens with zero attached hydrogens (tertiary/aromatic N) is 2. The molecule has 0 fully saturated rings. The SMILES string of the molecule is COCC(C)N(C)c1ccc(C#N)c(Cl)c1. The molecule has 3 nitrogen and oxygen atoms in total. The molecule has 4 heteroatoms. The lowest BCUT2D eigenvalue weighted by Gasteiger charge is -2.26. The lowest BCUT2D eigenvalue weighted by atomic mass is 10.2. The summed E-state index contributed by atoms with van der Waals surface area (Å²) < 4.78 is 5.09. The Bertz CT molecular complexity index is 400. The van der Waals surface area contributed by atoms with Crippen LogP contribution in [0.2, 0.25) is 5.02 Å². The van der Waals surface area contributed by atoms with E-state index in [2.05, 4.69) is 11.8 Å². The second-order valence-corrected chi connectivity index (χ2v) is 4.10. The maximum Gasteiger partial charge on any atom is 0.101 e. The molecule has 0 bridgehead atoms. The van der Waals surface area contributed by atoms with Crippen LogP contribution in [0.25, 0.3) is 0 Å². The number of hydrogen-bond acceptors (Lipinski definition) is 3. The highest BCUT2D eigenvalue weighted by Gasteiger charge is 2.11. The van der Waals surface area contributed by atoms with Crippen molar-refractivity contribution in [1.82, 2.24) is 0 Å². The Kier molecular flexibility index (Phi) is 4.60. The second-order valence-electron chi connectivity index (χ2n) is 3.69. The van der Waals surface area contributed by atoms with Gasteiger partial charge in [0.05, 0.1) is 17.2 Å². The number of methoxy groups -OCH3 is 1. The molecule has 16 heavy (non-hydrogen) atoms. The highest BCUT2D eigenvalue weighted by Crippen LogP contribution is 2.23. The van der Waals surface area contributed by atoms with Gasteiger partial charge in [0.25, 0.3) is 0 Å². The molecule has 1 atom stereocenters. The van der Waals surface area contributed by atoms with Crippen LogP contribution in [0, 0.1) is 11.3 Å². The van der Waals surface area contributed by atoms with Crippen LogP contribution in [-0.4, -0.2) is 26.8 Å². The molecular weight excluding hydrogens is 224 g/mol. The molecule has 0 saturated heterocycles. The van der Waals surface area contributed by atoms with Crippen LogP contribution in [0.5, 0.6) is 0 Å². The molecule has 1 rings (SSSR count). The Morgan fingerprint density at radius 3 is 2.75 bits per heavy atom. The first-order valence-electron chi connectivity index (χ1n) is 5.01. The number of benzene rings is 1. The van der Waals surface area contributed by atoms with E-state index in [0.717, 1.165) is 5.69 Å². The second kappa shape index (κ2) is 5.74. The van der Waals surface area contributed by atoms with Gasteiger partial charge in [0.2, 0.25) is 0 Å². The fraction of sp³-hybridized carbons (Fsp3) is 0.417. The van der Waals surface area contributed by atoms with Crippen LogP contribution in [0.4, 0.5) is 5.69 Å². The van der Waals surface area contributed by atoms with Gasteiger partial charge in [-0.2, -0.15) is 5.26 Å². The van der Waals surface area contributed by atoms with E-state index >= 15 is 0 Å². The van der Waals surface area contributed by atoms with Gasteiger partial charge in [-0.1, -0.05) is 11.6 Å². The lowest BCUT2D eigenvalue weighted by Crippen LogP contribution is -2.32. The van der Waals surface area contributed by atoms with E-state index in [1.165, 1.54) is 0 Å². The molecule has 86 valence electrons. The van der Waals surface area contributed by atoms with Gasteiger partial charge in [0.1, 0.15) is 6.07 Å². The van der Waals surface area contributed by atoms with E-state index in [1.54, 1.807) is 19.2 Å². The van der Waals surface area contributed by atoms with E-state index in [1.807, 2.05) is 19.2 Å². The highest BCUT2D eigenvalue weighted by atomic mass is 35.5. The average Bonchev–Trinajstić information content (AvgIpc) is 2.28. The molecule has 0 aromatic heterocycles. The summed E-state index contributed by atoms with van der Waals surface area (Å²) >= 11 is 5.97. The summed E-state index contributed by atoms with van der Waals surface area (Å²) in [6.07, 6.45) is 0. The maximum absolute atomic E-state index is 8.77. The zero-order chi connectivity index (χ0) is 12.1. The first-order chi connectivity index (χ1) is 7.60. The Morgan fingerprint density at radius 1 is 1.56 bits per heavy atom. The normalized spacial score (nSPS) is 11.9. The molecule has 1 aromatic rings. The molecule has 0 amide bonds. The van der Waals surface area contributed by atoms with Crippen molar-refractivity contribution in [2.24, 2.45) is 0 Å². The van der Waals surface area contributed by atoms with Gasteiger partial charge in [-0.05, 0) is 25.1 Å². The molecule has 1 aromatic carbocycles. The third kappa shape index (κ3) is 2.88. The van der Waals surface area contributed by atoms with E-state index in [4.69, 9.17) is 21.6 Å². The Morgan fingerprint density at radius 2 is 2.25 bits per heavy atom. The molecule has 0 aliphatic rings. The average molecular weight is 239 g/mol. The Hall–Kier alpha value is -1.24. The van der Waals surface area contributed by atoms with E-state index in [0.29, 0.717) is 17.2 Å². The van der Waals surface area contributed by atoms with Crippen LogP contribution in [0.3, 0.4) is 0 Å². The topological polar surface area (TPSA) is 36.3 Å². The molecule has 0 N–H and O–H groups in total. The van der Waals surface area contributed by atoms with Crippen LogP contribution < -0.4 is 4.90 Å². The Balaban J connectivity index is 2.89. The summed E-state index contributed by atoms with van der Waals surface area (Å²) in [6.45, 7) is 2.71. The Labute approximate surface area is 101 Å². The monoisotopic (exact) mass is 238 g/mol. The number of rotatable bonds is 4. The van der Waals surface area contributed by atoms with Crippen LogP contribution in [0.1, 0.15) is 12.5 Å². The standard InChI is InChI=1S/C12H15ClN2O/c1-9(8-16-3)15(2)11-5-4-10(7-14)12(13)6-11/h4-6,9H,8H2,1-3H3. The zero-order valence-corrected chi connectivity index (χ0v) is 10.5. The van der Waals surface area contributed by atoms with Gasteiger partial charge >= 0.3 is 0 Å². The molecule has 0 aliphatic heterocycles. The molecule has 0 radical (unpaired) electrons. The maximum atomic E-state index is 8.77.